The molecule has 0 saturated heterocycles. The van der Waals surface area contributed by atoms with Crippen molar-refractivity contribution < 1.29 is 23.8 Å². The van der Waals surface area contributed by atoms with E-state index in [1.54, 1.807) is 0 Å². The highest BCUT2D eigenvalue weighted by Crippen LogP contribution is 2.41. The molecule has 0 aliphatic carbocycles. The van der Waals surface area contributed by atoms with Gasteiger partial charge < -0.3 is 10.2 Å². The second-order valence-corrected chi connectivity index (χ2v) is 8.02. The number of nitrogens with zero attached hydrogens (tertiary/aromatic N) is 1. The van der Waals surface area contributed by atoms with Gasteiger partial charge in [-0.15, -0.1) is 11.8 Å². The van der Waals surface area contributed by atoms with E-state index in [9.17, 15) is 23.5 Å². The number of aliphatic hydroxyl groups is 1. The Morgan fingerprint density at radius 1 is 1.13 bits per heavy atom. The lowest BCUT2D eigenvalue weighted by molar-refractivity contribution is -0.140. The summed E-state index contributed by atoms with van der Waals surface area (Å²) in [6.07, 6.45) is 5.93. The first-order valence-electron chi connectivity index (χ1n) is 9.98. The molecule has 0 radical (unpaired) electrons. The van der Waals surface area contributed by atoms with Crippen LogP contribution in [0.2, 0.25) is 0 Å². The summed E-state index contributed by atoms with van der Waals surface area (Å²) in [4.78, 5) is 24.2. The van der Waals surface area contributed by atoms with Crippen molar-refractivity contribution in [3.05, 3.63) is 51.8 Å². The third kappa shape index (κ3) is 5.29. The lowest BCUT2D eigenvalue weighted by Crippen LogP contribution is -2.29. The second kappa shape index (κ2) is 11.3. The summed E-state index contributed by atoms with van der Waals surface area (Å²) in [6, 6.07) is 4.17. The number of aromatic nitrogens is 1. The maximum absolute atomic E-state index is 13.9. The topological polar surface area (TPSA) is 79.5 Å². The number of benzene rings is 1. The van der Waals surface area contributed by atoms with Gasteiger partial charge in [0.2, 0.25) is 0 Å². The normalized spacial score (nSPS) is 14.8. The number of carboxylic acids is 1. The van der Waals surface area contributed by atoms with Gasteiger partial charge in [0, 0.05) is 24.5 Å². The minimum absolute atomic E-state index is 0.237. The average molecular weight is 440 g/mol. The highest BCUT2D eigenvalue weighted by molar-refractivity contribution is 7.99. The maximum Gasteiger partial charge on any atom is 0.327 e. The average Bonchev–Trinajstić information content (AvgIpc) is 3.18. The van der Waals surface area contributed by atoms with Crippen LogP contribution in [0.5, 0.6) is 0 Å². The van der Waals surface area contributed by atoms with Gasteiger partial charge in [-0.25, -0.2) is 13.6 Å². The summed E-state index contributed by atoms with van der Waals surface area (Å²) in [6.45, 7) is 2.14. The van der Waals surface area contributed by atoms with E-state index in [1.807, 2.05) is 0 Å². The molecule has 30 heavy (non-hydrogen) atoms. The summed E-state index contributed by atoms with van der Waals surface area (Å²) in [5, 5.41) is 17.0. The van der Waals surface area contributed by atoms with E-state index in [-0.39, 0.29) is 11.3 Å². The van der Waals surface area contributed by atoms with Crippen LogP contribution in [0.4, 0.5) is 8.78 Å². The number of aryl methyl sites for hydroxylation is 1. The number of unbranched alkanes of at least 4 members (excludes halogenated alkanes) is 4. The highest BCUT2D eigenvalue weighted by atomic mass is 32.2. The Bertz CT molecular complexity index is 945. The van der Waals surface area contributed by atoms with E-state index in [0.29, 0.717) is 22.6 Å². The molecule has 2 aromatic rings. The number of fused-ring (bicyclic) bond motifs is 1. The molecule has 0 amide bonds. The number of carboxylic acid groups (broad SMARTS) is 1. The van der Waals surface area contributed by atoms with E-state index < -0.39 is 23.6 Å². The lowest BCUT2D eigenvalue weighted by atomic mass is 9.96. The Labute approximate surface area is 178 Å². The Balaban J connectivity index is 0.00000155. The van der Waals surface area contributed by atoms with Crippen molar-refractivity contribution in [1.82, 2.24) is 4.57 Å². The Kier molecular flexibility index (Phi) is 9.05. The standard InChI is InChI=1S/C21H23F2NO3S.CH4O/c1-2-3-4-5-6-7-13-11-18(25)24-17(21(26)27)12-28-20(24)19(13)14-8-9-15(22)16(23)10-14;1-2/h8-11,17H,2-7,12H2,1H3,(H,26,27);2H,1H3/t17-;/m0./s1. The molecular formula is C22H27F2NO4S. The van der Waals surface area contributed by atoms with Crippen LogP contribution in [-0.2, 0) is 11.2 Å². The third-order valence-corrected chi connectivity index (χ3v) is 6.18. The zero-order chi connectivity index (χ0) is 22.3. The number of halogens is 2. The van der Waals surface area contributed by atoms with Crippen molar-refractivity contribution in [2.45, 2.75) is 56.5 Å². The minimum Gasteiger partial charge on any atom is -0.480 e. The monoisotopic (exact) mass is 439 g/mol. The van der Waals surface area contributed by atoms with Gasteiger partial charge in [0.05, 0.1) is 5.03 Å². The molecule has 3 rings (SSSR count). The zero-order valence-corrected chi connectivity index (χ0v) is 18.0. The first-order chi connectivity index (χ1) is 14.4. The minimum atomic E-state index is -1.07. The van der Waals surface area contributed by atoms with Crippen LogP contribution in [0, 0.1) is 11.6 Å². The molecule has 0 unspecified atom stereocenters. The summed E-state index contributed by atoms with van der Waals surface area (Å²) in [5.74, 6) is -2.74. The fourth-order valence-corrected chi connectivity index (χ4v) is 4.93. The molecule has 164 valence electrons. The zero-order valence-electron chi connectivity index (χ0n) is 17.2. The lowest BCUT2D eigenvalue weighted by Gasteiger charge is -2.17. The predicted molar refractivity (Wildman–Crippen MR) is 114 cm³/mol. The van der Waals surface area contributed by atoms with E-state index in [4.69, 9.17) is 5.11 Å². The number of rotatable bonds is 8. The molecule has 1 aliphatic rings. The van der Waals surface area contributed by atoms with Crippen LogP contribution in [0.25, 0.3) is 11.1 Å². The fourth-order valence-electron chi connectivity index (χ4n) is 3.58. The smallest absolute Gasteiger partial charge is 0.327 e. The molecule has 1 atom stereocenters. The first-order valence-corrected chi connectivity index (χ1v) is 11.0. The van der Waals surface area contributed by atoms with Gasteiger partial charge >= 0.3 is 5.97 Å². The van der Waals surface area contributed by atoms with Crippen molar-refractivity contribution in [2.75, 3.05) is 12.9 Å². The van der Waals surface area contributed by atoms with Crippen molar-refractivity contribution in [1.29, 1.82) is 0 Å². The van der Waals surface area contributed by atoms with Gasteiger partial charge in [0.15, 0.2) is 11.6 Å². The molecular weight excluding hydrogens is 412 g/mol. The number of carbonyl (C=O) groups is 1. The fraction of sp³-hybridized carbons (Fsp3) is 0.455. The van der Waals surface area contributed by atoms with Crippen LogP contribution in [0.15, 0.2) is 34.1 Å². The first kappa shape index (κ1) is 24.1. The Hall–Kier alpha value is -2.19. The van der Waals surface area contributed by atoms with Gasteiger partial charge in [-0.2, -0.15) is 0 Å². The molecule has 0 bridgehead atoms. The van der Waals surface area contributed by atoms with Crippen molar-refractivity contribution in [3.63, 3.8) is 0 Å². The quantitative estimate of drug-likeness (QED) is 0.586. The van der Waals surface area contributed by atoms with E-state index in [0.717, 1.165) is 56.9 Å². The number of aliphatic hydroxyl groups excluding tert-OH is 1. The van der Waals surface area contributed by atoms with E-state index >= 15 is 0 Å². The number of aliphatic carboxylic acids is 1. The molecule has 5 nitrogen and oxygen atoms in total. The van der Waals surface area contributed by atoms with Gasteiger partial charge in [-0.05, 0) is 36.1 Å². The van der Waals surface area contributed by atoms with Gasteiger partial charge in [-0.1, -0.05) is 38.7 Å². The molecule has 8 heteroatoms. The molecule has 0 fully saturated rings. The van der Waals surface area contributed by atoms with Crippen molar-refractivity contribution >= 4 is 17.7 Å². The van der Waals surface area contributed by atoms with Gasteiger partial charge in [-0.3, -0.25) is 9.36 Å². The van der Waals surface area contributed by atoms with Crippen LogP contribution in [0.3, 0.4) is 0 Å². The number of hydrogen-bond acceptors (Lipinski definition) is 4. The Morgan fingerprint density at radius 2 is 1.83 bits per heavy atom. The summed E-state index contributed by atoms with van der Waals surface area (Å²) < 4.78 is 28.6. The SMILES string of the molecule is CCCCCCCc1cc(=O)n2c(c1-c1ccc(F)c(F)c1)SC[C@H]2C(=O)O.CO. The number of hydrogen-bond donors (Lipinski definition) is 2. The molecule has 1 aromatic heterocycles. The summed E-state index contributed by atoms with van der Waals surface area (Å²) in [7, 11) is 1.00. The molecule has 0 saturated carbocycles. The van der Waals surface area contributed by atoms with E-state index in [2.05, 4.69) is 6.92 Å². The summed E-state index contributed by atoms with van der Waals surface area (Å²) >= 11 is 1.28. The van der Waals surface area contributed by atoms with Gasteiger partial charge in [0.1, 0.15) is 6.04 Å². The number of thioether (sulfide) groups is 1. The largest absolute Gasteiger partial charge is 0.480 e. The van der Waals surface area contributed by atoms with E-state index in [1.165, 1.54) is 28.5 Å². The van der Waals surface area contributed by atoms with Gasteiger partial charge in [0.25, 0.3) is 5.56 Å². The summed E-state index contributed by atoms with van der Waals surface area (Å²) in [5.41, 5.74) is 1.51. The molecule has 2 N–H and O–H groups in total. The molecule has 1 aliphatic heterocycles. The predicted octanol–water partition coefficient (Wildman–Crippen LogP) is 4.65. The van der Waals surface area contributed by atoms with Crippen LogP contribution < -0.4 is 5.56 Å². The van der Waals surface area contributed by atoms with Crippen LogP contribution in [-0.4, -0.2) is 33.6 Å². The highest BCUT2D eigenvalue weighted by Gasteiger charge is 2.33. The second-order valence-electron chi connectivity index (χ2n) is 7.02. The third-order valence-electron chi connectivity index (χ3n) is 5.02. The van der Waals surface area contributed by atoms with Crippen molar-refractivity contribution in [3.8, 4) is 11.1 Å². The van der Waals surface area contributed by atoms with Crippen LogP contribution in [0.1, 0.15) is 50.6 Å². The number of pyridine rings is 1. The molecule has 1 aromatic carbocycles. The van der Waals surface area contributed by atoms with Crippen molar-refractivity contribution in [2.24, 2.45) is 0 Å². The maximum atomic E-state index is 13.9. The molecule has 0 spiro atoms. The Morgan fingerprint density at radius 3 is 2.47 bits per heavy atom. The van der Waals surface area contributed by atoms with Crippen LogP contribution >= 0.6 is 11.8 Å². The molecule has 2 heterocycles.